The summed E-state index contributed by atoms with van der Waals surface area (Å²) in [5.41, 5.74) is 1.85. The van der Waals surface area contributed by atoms with Gasteiger partial charge in [0.15, 0.2) is 5.65 Å². The first kappa shape index (κ1) is 15.0. The van der Waals surface area contributed by atoms with Crippen molar-refractivity contribution in [3.63, 3.8) is 0 Å². The molecule has 1 aliphatic rings. The molecule has 4 nitrogen and oxygen atoms in total. The molecule has 2 heterocycles. The molecule has 0 bridgehead atoms. The summed E-state index contributed by atoms with van der Waals surface area (Å²) in [6.07, 6.45) is 2.63. The molecular weight excluding hydrogens is 324 g/mol. The molecule has 3 aromatic rings. The topological polar surface area (TPSA) is 43.1 Å². The van der Waals surface area contributed by atoms with Gasteiger partial charge < -0.3 is 0 Å². The summed E-state index contributed by atoms with van der Waals surface area (Å²) in [6, 6.07) is 6.56. The third-order valence-electron chi connectivity index (χ3n) is 4.12. The Hall–Kier alpha value is -2.51. The number of aromatic nitrogens is 4. The fourth-order valence-corrected chi connectivity index (χ4v) is 2.71. The van der Waals surface area contributed by atoms with Crippen molar-refractivity contribution in [3.8, 4) is 11.3 Å². The number of fused-ring (bicyclic) bond motifs is 1. The average molecular weight is 336 g/mol. The number of benzene rings is 1. The van der Waals surface area contributed by atoms with Crippen LogP contribution in [0.4, 0.5) is 17.6 Å². The van der Waals surface area contributed by atoms with Crippen molar-refractivity contribution in [3.05, 3.63) is 48.0 Å². The maximum Gasteiger partial charge on any atom is 0.304 e. The van der Waals surface area contributed by atoms with E-state index in [0.29, 0.717) is 16.8 Å². The van der Waals surface area contributed by atoms with E-state index in [1.807, 2.05) is 0 Å². The Kier molecular flexibility index (Phi) is 2.98. The van der Waals surface area contributed by atoms with Gasteiger partial charge in [-0.05, 0) is 5.56 Å². The quantitative estimate of drug-likeness (QED) is 0.678. The first-order valence-electron chi connectivity index (χ1n) is 7.33. The first-order chi connectivity index (χ1) is 11.3. The second kappa shape index (κ2) is 4.75. The lowest BCUT2D eigenvalue weighted by atomic mass is 10.1. The van der Waals surface area contributed by atoms with Crippen LogP contribution in [0, 0.1) is 0 Å². The summed E-state index contributed by atoms with van der Waals surface area (Å²) in [5, 5.41) is 7.17. The van der Waals surface area contributed by atoms with E-state index in [-0.39, 0.29) is 12.1 Å². The molecule has 0 amide bonds. The van der Waals surface area contributed by atoms with E-state index in [1.54, 1.807) is 24.3 Å². The van der Waals surface area contributed by atoms with E-state index >= 15 is 0 Å². The zero-order valence-electron chi connectivity index (χ0n) is 12.5. The van der Waals surface area contributed by atoms with Crippen LogP contribution in [0.15, 0.2) is 36.7 Å². The maximum absolute atomic E-state index is 13.6. The van der Waals surface area contributed by atoms with Crippen molar-refractivity contribution in [1.29, 1.82) is 0 Å². The van der Waals surface area contributed by atoms with E-state index in [1.165, 1.54) is 16.8 Å². The monoisotopic (exact) mass is 336 g/mol. The van der Waals surface area contributed by atoms with E-state index < -0.39 is 23.6 Å². The van der Waals surface area contributed by atoms with E-state index in [0.717, 1.165) is 6.92 Å². The number of hydrogen-bond donors (Lipinski definition) is 0. The largest absolute Gasteiger partial charge is 0.304 e. The molecule has 8 heteroatoms. The van der Waals surface area contributed by atoms with Gasteiger partial charge in [-0.25, -0.2) is 8.78 Å². The molecular formula is C16H12F4N4. The number of halogens is 4. The Morgan fingerprint density at radius 1 is 1.17 bits per heavy atom. The zero-order chi connectivity index (χ0) is 17.1. The van der Waals surface area contributed by atoms with Gasteiger partial charge in [0.2, 0.25) is 5.82 Å². The van der Waals surface area contributed by atoms with Crippen molar-refractivity contribution in [1.82, 2.24) is 19.6 Å². The SMILES string of the molecule is CC(F)(F)c1nnc2cnc(-c3ccc([C@H]4CC4(F)F)cc3)cn12. The van der Waals surface area contributed by atoms with Gasteiger partial charge in [0.25, 0.3) is 5.92 Å². The van der Waals surface area contributed by atoms with Crippen LogP contribution in [0.2, 0.25) is 0 Å². The van der Waals surface area contributed by atoms with Gasteiger partial charge in [0, 0.05) is 25.1 Å². The van der Waals surface area contributed by atoms with Gasteiger partial charge in [0.05, 0.1) is 17.8 Å². The minimum Gasteiger partial charge on any atom is -0.278 e. The van der Waals surface area contributed by atoms with Gasteiger partial charge in [-0.15, -0.1) is 10.2 Å². The van der Waals surface area contributed by atoms with Crippen LogP contribution in [0.1, 0.15) is 30.7 Å². The lowest BCUT2D eigenvalue weighted by Crippen LogP contribution is -2.12. The normalized spacial score (nSPS) is 19.6. The lowest BCUT2D eigenvalue weighted by Gasteiger charge is -2.09. The third kappa shape index (κ3) is 2.42. The number of alkyl halides is 4. The number of rotatable bonds is 3. The van der Waals surface area contributed by atoms with E-state index in [9.17, 15) is 17.6 Å². The maximum atomic E-state index is 13.6. The summed E-state index contributed by atoms with van der Waals surface area (Å²) >= 11 is 0. The molecule has 0 radical (unpaired) electrons. The van der Waals surface area contributed by atoms with Crippen LogP contribution in [-0.4, -0.2) is 25.5 Å². The highest BCUT2D eigenvalue weighted by Crippen LogP contribution is 2.55. The Morgan fingerprint density at radius 3 is 2.42 bits per heavy atom. The molecule has 24 heavy (non-hydrogen) atoms. The second-order valence-electron chi connectivity index (χ2n) is 6.05. The van der Waals surface area contributed by atoms with Crippen LogP contribution in [-0.2, 0) is 5.92 Å². The molecule has 2 aromatic heterocycles. The fraction of sp³-hybridized carbons (Fsp3) is 0.312. The van der Waals surface area contributed by atoms with Crippen molar-refractivity contribution in [2.45, 2.75) is 31.1 Å². The van der Waals surface area contributed by atoms with Gasteiger partial charge in [-0.2, -0.15) is 8.78 Å². The molecule has 1 aliphatic carbocycles. The van der Waals surface area contributed by atoms with E-state index in [4.69, 9.17) is 0 Å². The van der Waals surface area contributed by atoms with Crippen LogP contribution < -0.4 is 0 Å². The van der Waals surface area contributed by atoms with Gasteiger partial charge in [-0.3, -0.25) is 9.38 Å². The third-order valence-corrected chi connectivity index (χ3v) is 4.12. The zero-order valence-corrected chi connectivity index (χ0v) is 12.5. The highest BCUT2D eigenvalue weighted by atomic mass is 19.3. The molecule has 0 spiro atoms. The van der Waals surface area contributed by atoms with Crippen LogP contribution in [0.25, 0.3) is 16.9 Å². The predicted octanol–water partition coefficient (Wildman–Crippen LogP) is 4.03. The fourth-order valence-electron chi connectivity index (χ4n) is 2.71. The number of nitrogens with zero attached hydrogens (tertiary/aromatic N) is 4. The Labute approximate surface area is 134 Å². The van der Waals surface area contributed by atoms with Crippen LogP contribution in [0.3, 0.4) is 0 Å². The van der Waals surface area contributed by atoms with Crippen molar-refractivity contribution < 1.29 is 17.6 Å². The predicted molar refractivity (Wildman–Crippen MR) is 78.1 cm³/mol. The van der Waals surface area contributed by atoms with E-state index in [2.05, 4.69) is 15.2 Å². The van der Waals surface area contributed by atoms with Crippen molar-refractivity contribution >= 4 is 5.65 Å². The van der Waals surface area contributed by atoms with Gasteiger partial charge in [-0.1, -0.05) is 24.3 Å². The molecule has 0 saturated heterocycles. The van der Waals surface area contributed by atoms with Crippen molar-refractivity contribution in [2.75, 3.05) is 0 Å². The van der Waals surface area contributed by atoms with Gasteiger partial charge >= 0.3 is 5.92 Å². The first-order valence-corrected chi connectivity index (χ1v) is 7.33. The Balaban J connectivity index is 1.71. The Bertz CT molecular complexity index is 912. The summed E-state index contributed by atoms with van der Waals surface area (Å²) in [5.74, 6) is -6.97. The Morgan fingerprint density at radius 2 is 1.83 bits per heavy atom. The molecule has 1 fully saturated rings. The standard InChI is InChI=1S/C16H12F4N4/c1-15(17,18)14-23-22-13-7-21-12(8-24(13)14)10-4-2-9(3-5-10)11-6-16(11,19)20/h2-5,7-8,11H,6H2,1H3/t11-/m1/s1. The molecule has 1 atom stereocenters. The molecule has 0 aliphatic heterocycles. The van der Waals surface area contributed by atoms with Crippen molar-refractivity contribution in [2.24, 2.45) is 0 Å². The summed E-state index contributed by atoms with van der Waals surface area (Å²) in [7, 11) is 0. The van der Waals surface area contributed by atoms with Gasteiger partial charge in [0.1, 0.15) is 0 Å². The summed E-state index contributed by atoms with van der Waals surface area (Å²) < 4.78 is 54.5. The summed E-state index contributed by atoms with van der Waals surface area (Å²) in [4.78, 5) is 4.17. The smallest absolute Gasteiger partial charge is 0.278 e. The van der Waals surface area contributed by atoms with Crippen LogP contribution >= 0.6 is 0 Å². The molecule has 1 aromatic carbocycles. The minimum atomic E-state index is -3.14. The summed E-state index contributed by atoms with van der Waals surface area (Å²) in [6.45, 7) is 0.744. The minimum absolute atomic E-state index is 0.133. The molecule has 0 unspecified atom stereocenters. The molecule has 1 saturated carbocycles. The molecule has 124 valence electrons. The highest BCUT2D eigenvalue weighted by Gasteiger charge is 2.57. The highest BCUT2D eigenvalue weighted by molar-refractivity contribution is 5.60. The lowest BCUT2D eigenvalue weighted by molar-refractivity contribution is 0.00668. The molecule has 4 rings (SSSR count). The average Bonchev–Trinajstić information content (AvgIpc) is 2.96. The number of hydrogen-bond acceptors (Lipinski definition) is 3. The molecule has 0 N–H and O–H groups in total. The second-order valence-corrected chi connectivity index (χ2v) is 6.05. The van der Waals surface area contributed by atoms with Crippen LogP contribution in [0.5, 0.6) is 0 Å².